The molecule has 2 atom stereocenters. The van der Waals surface area contributed by atoms with Gasteiger partial charge in [-0.25, -0.2) is 0 Å². The molecule has 3 N–H and O–H groups in total. The highest BCUT2D eigenvalue weighted by molar-refractivity contribution is 14.0. The Morgan fingerprint density at radius 2 is 1.93 bits per heavy atom. The van der Waals surface area contributed by atoms with Gasteiger partial charge in [0.2, 0.25) is 0 Å². The van der Waals surface area contributed by atoms with Crippen LogP contribution in [0.5, 0.6) is 0 Å². The summed E-state index contributed by atoms with van der Waals surface area (Å²) in [7, 11) is 0. The Morgan fingerprint density at radius 3 is 2.62 bits per heavy atom. The minimum atomic E-state index is -0.829. The normalized spacial score (nSPS) is 23.9. The third-order valence-electron chi connectivity index (χ3n) is 5.70. The van der Waals surface area contributed by atoms with Crippen molar-refractivity contribution in [2.24, 2.45) is 4.99 Å². The first-order chi connectivity index (χ1) is 13.5. The van der Waals surface area contributed by atoms with Crippen LogP contribution in [0.15, 0.2) is 4.99 Å². The molecule has 2 aliphatic heterocycles. The molecule has 0 bridgehead atoms. The molecule has 0 amide bonds. The zero-order chi connectivity index (χ0) is 20.2. The third kappa shape index (κ3) is 11.1. The van der Waals surface area contributed by atoms with Crippen LogP contribution in [0.4, 0.5) is 0 Å². The number of morpholine rings is 1. The second-order valence-corrected chi connectivity index (χ2v) is 8.60. The molecule has 8 heteroatoms. The van der Waals surface area contributed by atoms with Crippen LogP contribution < -0.4 is 10.6 Å². The van der Waals surface area contributed by atoms with Crippen LogP contribution in [-0.2, 0) is 4.74 Å². The predicted molar refractivity (Wildman–Crippen MR) is 131 cm³/mol. The Balaban J connectivity index is 0.00000420. The van der Waals surface area contributed by atoms with Crippen molar-refractivity contribution in [3.8, 4) is 0 Å². The predicted octanol–water partition coefficient (Wildman–Crippen LogP) is 1.90. The smallest absolute Gasteiger partial charge is 0.191 e. The number of rotatable bonds is 10. The second kappa shape index (κ2) is 14.8. The number of aliphatic imine (C=N–C) groups is 1. The second-order valence-electron chi connectivity index (χ2n) is 8.60. The Bertz CT molecular complexity index is 458. The summed E-state index contributed by atoms with van der Waals surface area (Å²) in [5, 5.41) is 17.4. The lowest BCUT2D eigenvalue weighted by Gasteiger charge is -2.33. The standard InChI is InChI=1S/C21H43N5O2.HI/c1-4-22-20(23-10-6-8-12-26-11-7-5-9-19(26)2)24-17-21(3,27)18-25-13-15-28-16-14-25;/h19,27H,4-18H2,1-3H3,(H2,22,23,24);1H. The molecule has 172 valence electrons. The largest absolute Gasteiger partial charge is 0.387 e. The SMILES string of the molecule is CCNC(=NCC(C)(O)CN1CCOCC1)NCCCCN1CCCCC1C.I. The van der Waals surface area contributed by atoms with Gasteiger partial charge in [0, 0.05) is 38.8 Å². The number of hydrogen-bond donors (Lipinski definition) is 3. The summed E-state index contributed by atoms with van der Waals surface area (Å²) < 4.78 is 5.38. The molecular formula is C21H44IN5O2. The number of unbranched alkanes of at least 4 members (excludes halogenated alkanes) is 1. The number of halogens is 1. The van der Waals surface area contributed by atoms with Crippen molar-refractivity contribution in [2.45, 2.75) is 64.5 Å². The van der Waals surface area contributed by atoms with Gasteiger partial charge < -0.3 is 25.4 Å². The Morgan fingerprint density at radius 1 is 1.17 bits per heavy atom. The van der Waals surface area contributed by atoms with Crippen LogP contribution in [0, 0.1) is 0 Å². The molecule has 7 nitrogen and oxygen atoms in total. The number of β-amino-alcohol motifs (C(OH)–C–C–N with tert-alkyl or cyclic N) is 1. The molecule has 0 radical (unpaired) electrons. The molecule has 0 spiro atoms. The van der Waals surface area contributed by atoms with E-state index in [2.05, 4.69) is 39.3 Å². The first kappa shape index (κ1) is 26.9. The van der Waals surface area contributed by atoms with Crippen LogP contribution in [0.2, 0.25) is 0 Å². The summed E-state index contributed by atoms with van der Waals surface area (Å²) in [4.78, 5) is 9.51. The fraction of sp³-hybridized carbons (Fsp3) is 0.952. The third-order valence-corrected chi connectivity index (χ3v) is 5.70. The molecule has 0 aromatic carbocycles. The maximum atomic E-state index is 10.7. The highest BCUT2D eigenvalue weighted by atomic mass is 127. The van der Waals surface area contributed by atoms with Gasteiger partial charge in [-0.05, 0) is 59.5 Å². The molecular weight excluding hydrogens is 481 g/mol. The lowest BCUT2D eigenvalue weighted by atomic mass is 10.0. The number of piperidine rings is 1. The highest BCUT2D eigenvalue weighted by Crippen LogP contribution is 2.16. The van der Waals surface area contributed by atoms with Gasteiger partial charge in [0.1, 0.15) is 0 Å². The van der Waals surface area contributed by atoms with Crippen molar-refractivity contribution in [2.75, 3.05) is 65.6 Å². The van der Waals surface area contributed by atoms with E-state index in [0.29, 0.717) is 13.1 Å². The molecule has 0 aromatic heterocycles. The van der Waals surface area contributed by atoms with Crippen molar-refractivity contribution in [1.29, 1.82) is 0 Å². The lowest BCUT2D eigenvalue weighted by Crippen LogP contribution is -2.48. The van der Waals surface area contributed by atoms with Gasteiger partial charge in [0.15, 0.2) is 5.96 Å². The van der Waals surface area contributed by atoms with Crippen molar-refractivity contribution >= 4 is 29.9 Å². The lowest BCUT2D eigenvalue weighted by molar-refractivity contribution is -0.0179. The number of likely N-dealkylation sites (tertiary alicyclic amines) is 1. The Kier molecular flexibility index (Phi) is 13.7. The van der Waals surface area contributed by atoms with E-state index in [-0.39, 0.29) is 24.0 Å². The maximum absolute atomic E-state index is 10.7. The van der Waals surface area contributed by atoms with Crippen molar-refractivity contribution < 1.29 is 9.84 Å². The van der Waals surface area contributed by atoms with Crippen LogP contribution in [0.3, 0.4) is 0 Å². The number of aliphatic hydroxyl groups is 1. The number of guanidine groups is 1. The summed E-state index contributed by atoms with van der Waals surface area (Å²) in [6.45, 7) is 14.8. The first-order valence-electron chi connectivity index (χ1n) is 11.3. The van der Waals surface area contributed by atoms with E-state index in [9.17, 15) is 5.11 Å². The van der Waals surface area contributed by atoms with Crippen LogP contribution in [-0.4, -0.2) is 98.1 Å². The van der Waals surface area contributed by atoms with Crippen molar-refractivity contribution in [3.63, 3.8) is 0 Å². The van der Waals surface area contributed by atoms with E-state index in [4.69, 9.17) is 4.74 Å². The average molecular weight is 526 g/mol. The molecule has 2 unspecified atom stereocenters. The summed E-state index contributed by atoms with van der Waals surface area (Å²) in [5.41, 5.74) is -0.829. The molecule has 29 heavy (non-hydrogen) atoms. The molecule has 2 saturated heterocycles. The Labute approximate surface area is 195 Å². The van der Waals surface area contributed by atoms with Gasteiger partial charge in [-0.1, -0.05) is 6.42 Å². The number of ether oxygens (including phenoxy) is 1. The number of nitrogens with zero attached hydrogens (tertiary/aromatic N) is 3. The van der Waals surface area contributed by atoms with Crippen LogP contribution in [0.25, 0.3) is 0 Å². The molecule has 0 aromatic rings. The summed E-state index contributed by atoms with van der Waals surface area (Å²) in [6.07, 6.45) is 6.43. The van der Waals surface area contributed by atoms with Gasteiger partial charge in [-0.15, -0.1) is 24.0 Å². The minimum absolute atomic E-state index is 0. The van der Waals surface area contributed by atoms with E-state index in [0.717, 1.165) is 57.8 Å². The van der Waals surface area contributed by atoms with E-state index in [1.165, 1.54) is 38.8 Å². The van der Waals surface area contributed by atoms with Crippen molar-refractivity contribution in [3.05, 3.63) is 0 Å². The first-order valence-corrected chi connectivity index (χ1v) is 11.3. The van der Waals surface area contributed by atoms with Gasteiger partial charge in [-0.2, -0.15) is 0 Å². The van der Waals surface area contributed by atoms with E-state index < -0.39 is 5.60 Å². The van der Waals surface area contributed by atoms with E-state index >= 15 is 0 Å². The molecule has 0 aliphatic carbocycles. The maximum Gasteiger partial charge on any atom is 0.191 e. The topological polar surface area (TPSA) is 72.4 Å². The number of hydrogen-bond acceptors (Lipinski definition) is 5. The quantitative estimate of drug-likeness (QED) is 0.175. The van der Waals surface area contributed by atoms with Crippen LogP contribution >= 0.6 is 24.0 Å². The fourth-order valence-electron chi connectivity index (χ4n) is 4.02. The molecule has 2 rings (SSSR count). The van der Waals surface area contributed by atoms with E-state index in [1.807, 2.05) is 6.92 Å². The summed E-state index contributed by atoms with van der Waals surface area (Å²) >= 11 is 0. The molecule has 0 saturated carbocycles. The highest BCUT2D eigenvalue weighted by Gasteiger charge is 2.25. The van der Waals surface area contributed by atoms with Gasteiger partial charge in [0.25, 0.3) is 0 Å². The van der Waals surface area contributed by atoms with E-state index in [1.54, 1.807) is 0 Å². The monoisotopic (exact) mass is 525 g/mol. The van der Waals surface area contributed by atoms with Gasteiger partial charge in [-0.3, -0.25) is 9.89 Å². The fourth-order valence-corrected chi connectivity index (χ4v) is 4.02. The molecule has 2 aliphatic rings. The summed E-state index contributed by atoms with van der Waals surface area (Å²) in [6, 6.07) is 0.745. The van der Waals surface area contributed by atoms with Crippen LogP contribution in [0.1, 0.15) is 52.9 Å². The Hall–Kier alpha value is -0.160. The minimum Gasteiger partial charge on any atom is -0.387 e. The average Bonchev–Trinajstić information content (AvgIpc) is 2.67. The zero-order valence-corrected chi connectivity index (χ0v) is 21.1. The summed E-state index contributed by atoms with van der Waals surface area (Å²) in [5.74, 6) is 0.802. The van der Waals surface area contributed by atoms with Gasteiger partial charge in [0.05, 0.1) is 25.4 Å². The number of nitrogens with one attached hydrogen (secondary N) is 2. The van der Waals surface area contributed by atoms with Crippen molar-refractivity contribution in [1.82, 2.24) is 20.4 Å². The molecule has 2 heterocycles. The zero-order valence-electron chi connectivity index (χ0n) is 18.8. The molecule has 2 fully saturated rings. The van der Waals surface area contributed by atoms with Gasteiger partial charge >= 0.3 is 0 Å².